The van der Waals surface area contributed by atoms with Gasteiger partial charge in [0.1, 0.15) is 6.04 Å². The second-order valence-corrected chi connectivity index (χ2v) is 5.50. The molecule has 1 aliphatic rings. The molecule has 0 bridgehead atoms. The second-order valence-electron chi connectivity index (χ2n) is 5.50. The molecule has 1 rings (SSSR count). The summed E-state index contributed by atoms with van der Waals surface area (Å²) in [6.45, 7) is 8.83. The van der Waals surface area contributed by atoms with E-state index in [1.54, 1.807) is 4.90 Å². The van der Waals surface area contributed by atoms with E-state index in [4.69, 9.17) is 9.47 Å². The lowest BCUT2D eigenvalue weighted by Crippen LogP contribution is -2.56. The number of hydrogen-bond acceptors (Lipinski definition) is 4. The Labute approximate surface area is 120 Å². The van der Waals surface area contributed by atoms with Crippen molar-refractivity contribution < 1.29 is 19.1 Å². The number of nitrogens with one attached hydrogen (secondary N) is 1. The summed E-state index contributed by atoms with van der Waals surface area (Å²) in [5, 5.41) is 2.79. The predicted molar refractivity (Wildman–Crippen MR) is 75.4 cm³/mol. The molecular formula is C14H26N2O4. The van der Waals surface area contributed by atoms with Gasteiger partial charge in [-0.05, 0) is 19.8 Å². The summed E-state index contributed by atoms with van der Waals surface area (Å²) in [4.78, 5) is 25.8. The Morgan fingerprint density at radius 2 is 1.90 bits per heavy atom. The lowest BCUT2D eigenvalue weighted by atomic mass is 9.99. The van der Waals surface area contributed by atoms with Crippen molar-refractivity contribution >= 4 is 12.0 Å². The molecular weight excluding hydrogens is 260 g/mol. The summed E-state index contributed by atoms with van der Waals surface area (Å²) in [7, 11) is 1.34. The zero-order valence-corrected chi connectivity index (χ0v) is 13.0. The van der Waals surface area contributed by atoms with Crippen molar-refractivity contribution in [1.29, 1.82) is 0 Å². The summed E-state index contributed by atoms with van der Waals surface area (Å²) in [5.41, 5.74) is 0. The van der Waals surface area contributed by atoms with Gasteiger partial charge in [0.25, 0.3) is 0 Å². The summed E-state index contributed by atoms with van der Waals surface area (Å²) in [5.74, 6) is -0.371. The molecule has 0 radical (unpaired) electrons. The Morgan fingerprint density at radius 3 is 2.35 bits per heavy atom. The van der Waals surface area contributed by atoms with Gasteiger partial charge in [-0.2, -0.15) is 0 Å². The summed E-state index contributed by atoms with van der Waals surface area (Å²) < 4.78 is 10.4. The van der Waals surface area contributed by atoms with Gasteiger partial charge in [-0.3, -0.25) is 0 Å². The molecule has 1 saturated heterocycles. The van der Waals surface area contributed by atoms with Gasteiger partial charge >= 0.3 is 12.0 Å². The summed E-state index contributed by atoms with van der Waals surface area (Å²) in [6.07, 6.45) is 0.796. The molecule has 1 N–H and O–H groups in total. The van der Waals surface area contributed by atoms with Crippen LogP contribution in [0.5, 0.6) is 0 Å². The predicted octanol–water partition coefficient (Wildman–Crippen LogP) is 1.39. The van der Waals surface area contributed by atoms with E-state index in [0.717, 1.165) is 6.42 Å². The molecule has 2 amide bonds. The monoisotopic (exact) mass is 286 g/mol. The zero-order chi connectivity index (χ0) is 15.3. The number of nitrogens with zero attached hydrogens (tertiary/aromatic N) is 1. The van der Waals surface area contributed by atoms with Crippen LogP contribution in [0, 0.1) is 5.92 Å². The Hall–Kier alpha value is -1.30. The molecule has 0 aliphatic carbocycles. The summed E-state index contributed by atoms with van der Waals surface area (Å²) >= 11 is 0. The van der Waals surface area contributed by atoms with Crippen LogP contribution in [0.25, 0.3) is 0 Å². The standard InChI is InChI=1S/C14H26N2O4/c1-6-9(2)12(13(17)19-5)15-14(18)16-7-10(3)20-11(4)8-16/h9-12H,6-8H2,1-5H3,(H,15,18). The normalized spacial score (nSPS) is 25.8. The van der Waals surface area contributed by atoms with Gasteiger partial charge in [0.05, 0.1) is 19.3 Å². The first kappa shape index (κ1) is 16.8. The van der Waals surface area contributed by atoms with E-state index in [0.29, 0.717) is 13.1 Å². The maximum atomic E-state index is 12.3. The van der Waals surface area contributed by atoms with Crippen LogP contribution in [0.1, 0.15) is 34.1 Å². The highest BCUT2D eigenvalue weighted by Gasteiger charge is 2.31. The molecule has 1 heterocycles. The molecule has 6 heteroatoms. The molecule has 116 valence electrons. The number of carbonyl (C=O) groups excluding carboxylic acids is 2. The molecule has 0 spiro atoms. The first-order valence-electron chi connectivity index (χ1n) is 7.17. The Balaban J connectivity index is 2.67. The Morgan fingerprint density at radius 1 is 1.35 bits per heavy atom. The molecule has 0 aromatic heterocycles. The number of urea groups is 1. The van der Waals surface area contributed by atoms with Gasteiger partial charge in [-0.25, -0.2) is 9.59 Å². The van der Waals surface area contributed by atoms with Crippen molar-refractivity contribution in [3.63, 3.8) is 0 Å². The van der Waals surface area contributed by atoms with Crippen LogP contribution in [0.3, 0.4) is 0 Å². The van der Waals surface area contributed by atoms with Crippen molar-refractivity contribution in [1.82, 2.24) is 10.2 Å². The van der Waals surface area contributed by atoms with Crippen molar-refractivity contribution in [2.75, 3.05) is 20.2 Å². The van der Waals surface area contributed by atoms with E-state index in [9.17, 15) is 9.59 Å². The van der Waals surface area contributed by atoms with Crippen molar-refractivity contribution in [2.24, 2.45) is 5.92 Å². The van der Waals surface area contributed by atoms with E-state index < -0.39 is 12.0 Å². The second kappa shape index (κ2) is 7.47. The average Bonchev–Trinajstić information content (AvgIpc) is 2.41. The van der Waals surface area contributed by atoms with Gasteiger partial charge in [-0.15, -0.1) is 0 Å². The number of hydrogen-bond donors (Lipinski definition) is 1. The van der Waals surface area contributed by atoms with Crippen molar-refractivity contribution in [3.8, 4) is 0 Å². The topological polar surface area (TPSA) is 67.9 Å². The molecule has 0 saturated carbocycles. The van der Waals surface area contributed by atoms with E-state index in [1.165, 1.54) is 7.11 Å². The fraction of sp³-hybridized carbons (Fsp3) is 0.857. The lowest BCUT2D eigenvalue weighted by molar-refractivity contribution is -0.144. The average molecular weight is 286 g/mol. The fourth-order valence-corrected chi connectivity index (χ4v) is 2.36. The van der Waals surface area contributed by atoms with Crippen LogP contribution in [-0.2, 0) is 14.3 Å². The molecule has 4 unspecified atom stereocenters. The van der Waals surface area contributed by atoms with E-state index in [2.05, 4.69) is 5.32 Å². The van der Waals surface area contributed by atoms with Gasteiger partial charge in [0, 0.05) is 13.1 Å². The van der Waals surface area contributed by atoms with Crippen LogP contribution < -0.4 is 5.32 Å². The van der Waals surface area contributed by atoms with E-state index in [1.807, 2.05) is 27.7 Å². The van der Waals surface area contributed by atoms with Crippen LogP contribution >= 0.6 is 0 Å². The minimum absolute atomic E-state index is 0.00433. The minimum Gasteiger partial charge on any atom is -0.467 e. The largest absolute Gasteiger partial charge is 0.467 e. The molecule has 1 fully saturated rings. The number of carbonyl (C=O) groups is 2. The highest BCUT2D eigenvalue weighted by molar-refractivity contribution is 5.83. The maximum Gasteiger partial charge on any atom is 0.328 e. The highest BCUT2D eigenvalue weighted by Crippen LogP contribution is 2.13. The quantitative estimate of drug-likeness (QED) is 0.793. The molecule has 0 aromatic carbocycles. The third-order valence-corrected chi connectivity index (χ3v) is 3.65. The first-order chi connectivity index (χ1) is 9.38. The van der Waals surface area contributed by atoms with Crippen LogP contribution in [-0.4, -0.2) is 55.3 Å². The molecule has 20 heavy (non-hydrogen) atoms. The minimum atomic E-state index is -0.606. The molecule has 1 aliphatic heterocycles. The highest BCUT2D eigenvalue weighted by atomic mass is 16.5. The number of methoxy groups -OCH3 is 1. The van der Waals surface area contributed by atoms with Crippen LogP contribution in [0.15, 0.2) is 0 Å². The number of morpholine rings is 1. The van der Waals surface area contributed by atoms with E-state index >= 15 is 0 Å². The van der Waals surface area contributed by atoms with Crippen LogP contribution in [0.2, 0.25) is 0 Å². The first-order valence-corrected chi connectivity index (χ1v) is 7.17. The van der Waals surface area contributed by atoms with Crippen LogP contribution in [0.4, 0.5) is 4.79 Å². The fourth-order valence-electron chi connectivity index (χ4n) is 2.36. The number of amides is 2. The molecule has 6 nitrogen and oxygen atoms in total. The molecule has 4 atom stereocenters. The van der Waals surface area contributed by atoms with Crippen molar-refractivity contribution in [3.05, 3.63) is 0 Å². The smallest absolute Gasteiger partial charge is 0.328 e. The van der Waals surface area contributed by atoms with Gasteiger partial charge in [0.2, 0.25) is 0 Å². The molecule has 0 aromatic rings. The van der Waals surface area contributed by atoms with E-state index in [-0.39, 0.29) is 24.2 Å². The van der Waals surface area contributed by atoms with Gasteiger partial charge in [0.15, 0.2) is 0 Å². The third-order valence-electron chi connectivity index (χ3n) is 3.65. The van der Waals surface area contributed by atoms with Gasteiger partial charge < -0.3 is 19.7 Å². The Bertz CT molecular complexity index is 338. The summed E-state index contributed by atoms with van der Waals surface area (Å²) in [6, 6.07) is -0.839. The maximum absolute atomic E-state index is 12.3. The zero-order valence-electron chi connectivity index (χ0n) is 13.0. The number of rotatable bonds is 4. The Kier molecular flexibility index (Phi) is 6.26. The number of esters is 1. The lowest BCUT2D eigenvalue weighted by Gasteiger charge is -2.36. The van der Waals surface area contributed by atoms with Crippen molar-refractivity contribution in [2.45, 2.75) is 52.4 Å². The SMILES string of the molecule is CCC(C)C(NC(=O)N1CC(C)OC(C)C1)C(=O)OC. The third kappa shape index (κ3) is 4.37. The van der Waals surface area contributed by atoms with Gasteiger partial charge in [-0.1, -0.05) is 20.3 Å². The number of ether oxygens (including phenoxy) is 2.